The van der Waals surface area contributed by atoms with Gasteiger partial charge in [-0.3, -0.25) is 5.01 Å². The van der Waals surface area contributed by atoms with E-state index >= 15 is 0 Å². The Kier molecular flexibility index (Phi) is 5.74. The van der Waals surface area contributed by atoms with E-state index in [1.807, 2.05) is 42.5 Å². The van der Waals surface area contributed by atoms with Crippen molar-refractivity contribution in [3.63, 3.8) is 0 Å². The molecule has 3 aromatic carbocycles. The van der Waals surface area contributed by atoms with Crippen molar-refractivity contribution in [1.82, 2.24) is 15.0 Å². The zero-order valence-electron chi connectivity index (χ0n) is 18.2. The first-order chi connectivity index (χ1) is 16.0. The standard InChI is InChI=1S/C25H25Cl2N5O/c1-2-3-4-22(28)32(29)9-10-33-25-23-18(16-11-14(26)5-7-20(16)30-23)13-19-17-12-15(27)6-8-21(17)31-24(19)25/h4-8,11-13,30-31H,2-3,9-10,28-29H2,1H3/b22-4+. The fourth-order valence-electron chi connectivity index (χ4n) is 4.23. The van der Waals surface area contributed by atoms with Crippen LogP contribution in [0.15, 0.2) is 54.4 Å². The minimum absolute atomic E-state index is 0.359. The molecule has 0 spiro atoms. The lowest BCUT2D eigenvalue weighted by molar-refractivity contribution is 0.247. The zero-order chi connectivity index (χ0) is 23.1. The number of hydrogen-bond donors (Lipinski definition) is 4. The molecule has 6 N–H and O–H groups in total. The summed E-state index contributed by atoms with van der Waals surface area (Å²) < 4.78 is 6.34. The average molecular weight is 482 g/mol. The Morgan fingerprint density at radius 3 is 2.06 bits per heavy atom. The minimum Gasteiger partial charge on any atom is -0.487 e. The highest BCUT2D eigenvalue weighted by molar-refractivity contribution is 6.33. The Morgan fingerprint density at radius 2 is 1.52 bits per heavy atom. The molecular weight excluding hydrogens is 457 g/mol. The number of hydrazine groups is 1. The third kappa shape index (κ3) is 3.95. The van der Waals surface area contributed by atoms with Gasteiger partial charge in [-0.15, -0.1) is 0 Å². The summed E-state index contributed by atoms with van der Waals surface area (Å²) in [6.45, 7) is 2.90. The summed E-state index contributed by atoms with van der Waals surface area (Å²) >= 11 is 12.6. The lowest BCUT2D eigenvalue weighted by Gasteiger charge is -2.19. The van der Waals surface area contributed by atoms with Gasteiger partial charge in [0.05, 0.1) is 17.6 Å². The van der Waals surface area contributed by atoms with Crippen LogP contribution in [0.25, 0.3) is 43.6 Å². The summed E-state index contributed by atoms with van der Waals surface area (Å²) in [7, 11) is 0. The van der Waals surface area contributed by atoms with Gasteiger partial charge in [0.2, 0.25) is 0 Å². The molecule has 5 rings (SSSR count). The summed E-state index contributed by atoms with van der Waals surface area (Å²) in [6, 6.07) is 13.8. The molecule has 0 aliphatic rings. The van der Waals surface area contributed by atoms with Gasteiger partial charge in [-0.25, -0.2) is 5.84 Å². The SMILES string of the molecule is CCC/C=C(\N)N(N)CCOc1c2[nH]c3ccc(Cl)cc3c2cc2c1[nH]c1ccc(Cl)cc12. The second kappa shape index (κ2) is 8.71. The fraction of sp³-hybridized carbons (Fsp3) is 0.200. The molecule has 0 atom stereocenters. The van der Waals surface area contributed by atoms with E-state index < -0.39 is 0 Å². The van der Waals surface area contributed by atoms with E-state index in [2.05, 4.69) is 23.0 Å². The predicted octanol–water partition coefficient (Wildman–Crippen LogP) is 6.42. The largest absolute Gasteiger partial charge is 0.487 e. The van der Waals surface area contributed by atoms with Crippen molar-refractivity contribution < 1.29 is 4.74 Å². The van der Waals surface area contributed by atoms with Crippen molar-refractivity contribution in [3.8, 4) is 5.75 Å². The lowest BCUT2D eigenvalue weighted by Crippen LogP contribution is -2.37. The van der Waals surface area contributed by atoms with Gasteiger partial charge in [0.25, 0.3) is 0 Å². The summed E-state index contributed by atoms with van der Waals surface area (Å²) in [6.07, 6.45) is 3.83. The van der Waals surface area contributed by atoms with Gasteiger partial charge >= 0.3 is 0 Å². The number of rotatable bonds is 7. The molecule has 2 aromatic heterocycles. The number of unbranched alkanes of at least 4 members (excludes halogenated alkanes) is 1. The van der Waals surface area contributed by atoms with E-state index in [0.29, 0.717) is 29.0 Å². The van der Waals surface area contributed by atoms with Crippen LogP contribution in [0.1, 0.15) is 19.8 Å². The molecule has 0 aliphatic heterocycles. The van der Waals surface area contributed by atoms with Gasteiger partial charge in [-0.2, -0.15) is 0 Å². The number of nitrogens with two attached hydrogens (primary N) is 2. The molecule has 33 heavy (non-hydrogen) atoms. The van der Waals surface area contributed by atoms with E-state index in [9.17, 15) is 0 Å². The third-order valence-electron chi connectivity index (χ3n) is 5.90. The van der Waals surface area contributed by atoms with Crippen molar-refractivity contribution in [2.75, 3.05) is 13.2 Å². The lowest BCUT2D eigenvalue weighted by atomic mass is 10.1. The molecular formula is C25H25Cl2N5O. The van der Waals surface area contributed by atoms with E-state index in [0.717, 1.165) is 62.2 Å². The molecule has 2 heterocycles. The Hall–Kier alpha value is -3.06. The normalized spacial score (nSPS) is 12.4. The highest BCUT2D eigenvalue weighted by atomic mass is 35.5. The average Bonchev–Trinajstić information content (AvgIpc) is 3.34. The van der Waals surface area contributed by atoms with Gasteiger partial charge in [-0.05, 0) is 55.0 Å². The smallest absolute Gasteiger partial charge is 0.167 e. The van der Waals surface area contributed by atoms with Crippen molar-refractivity contribution in [2.24, 2.45) is 11.6 Å². The van der Waals surface area contributed by atoms with Crippen molar-refractivity contribution >= 4 is 66.8 Å². The van der Waals surface area contributed by atoms with E-state index in [1.54, 1.807) is 0 Å². The monoisotopic (exact) mass is 481 g/mol. The van der Waals surface area contributed by atoms with Gasteiger partial charge < -0.3 is 20.4 Å². The summed E-state index contributed by atoms with van der Waals surface area (Å²) in [5, 5.41) is 7.01. The Bertz CT molecular complexity index is 1420. The predicted molar refractivity (Wildman–Crippen MR) is 139 cm³/mol. The summed E-state index contributed by atoms with van der Waals surface area (Å²) in [5.74, 6) is 7.39. The fourth-order valence-corrected chi connectivity index (χ4v) is 4.57. The molecule has 0 amide bonds. The maximum Gasteiger partial charge on any atom is 0.167 e. The number of nitrogens with zero attached hydrogens (tertiary/aromatic N) is 1. The quantitative estimate of drug-likeness (QED) is 0.159. The number of ether oxygens (including phenoxy) is 1. The van der Waals surface area contributed by atoms with E-state index in [-0.39, 0.29) is 0 Å². The molecule has 6 nitrogen and oxygen atoms in total. The number of fused-ring (bicyclic) bond motifs is 6. The first kappa shape index (κ1) is 21.8. The highest BCUT2D eigenvalue weighted by Crippen LogP contribution is 2.41. The second-order valence-electron chi connectivity index (χ2n) is 8.14. The van der Waals surface area contributed by atoms with Crippen LogP contribution in [-0.2, 0) is 0 Å². The molecule has 0 saturated heterocycles. The van der Waals surface area contributed by atoms with Crippen molar-refractivity contribution in [2.45, 2.75) is 19.8 Å². The highest BCUT2D eigenvalue weighted by Gasteiger charge is 2.18. The first-order valence-electron chi connectivity index (χ1n) is 10.9. The van der Waals surface area contributed by atoms with Crippen molar-refractivity contribution in [3.05, 3.63) is 64.4 Å². The molecule has 5 aromatic rings. The molecule has 0 aliphatic carbocycles. The number of halogens is 2. The second-order valence-corrected chi connectivity index (χ2v) is 9.01. The summed E-state index contributed by atoms with van der Waals surface area (Å²) in [5.41, 5.74) is 9.84. The van der Waals surface area contributed by atoms with Crippen LogP contribution in [0.3, 0.4) is 0 Å². The van der Waals surface area contributed by atoms with E-state index in [4.69, 9.17) is 39.5 Å². The molecule has 0 bridgehead atoms. The number of aromatic amines is 2. The Labute approximate surface area is 201 Å². The first-order valence-corrected chi connectivity index (χ1v) is 11.7. The van der Waals surface area contributed by atoms with Crippen LogP contribution in [0.4, 0.5) is 0 Å². The third-order valence-corrected chi connectivity index (χ3v) is 6.37. The van der Waals surface area contributed by atoms with Crippen LogP contribution >= 0.6 is 23.2 Å². The Balaban J connectivity index is 1.63. The van der Waals surface area contributed by atoms with Gasteiger partial charge in [0.1, 0.15) is 12.4 Å². The molecule has 0 fully saturated rings. The number of hydrogen-bond acceptors (Lipinski definition) is 4. The maximum atomic E-state index is 6.34. The van der Waals surface area contributed by atoms with E-state index in [1.165, 1.54) is 5.01 Å². The van der Waals surface area contributed by atoms with Gasteiger partial charge in [-0.1, -0.05) is 36.5 Å². The molecule has 0 unspecified atom stereocenters. The number of aromatic nitrogens is 2. The molecule has 0 radical (unpaired) electrons. The number of allylic oxidation sites excluding steroid dienone is 1. The van der Waals surface area contributed by atoms with Crippen LogP contribution in [-0.4, -0.2) is 28.1 Å². The van der Waals surface area contributed by atoms with Crippen LogP contribution in [0, 0.1) is 0 Å². The minimum atomic E-state index is 0.359. The van der Waals surface area contributed by atoms with Crippen LogP contribution < -0.4 is 16.3 Å². The maximum absolute atomic E-state index is 6.34. The van der Waals surface area contributed by atoms with Crippen LogP contribution in [0.5, 0.6) is 5.75 Å². The summed E-state index contributed by atoms with van der Waals surface area (Å²) in [4.78, 5) is 7.00. The molecule has 0 saturated carbocycles. The zero-order valence-corrected chi connectivity index (χ0v) is 19.7. The molecule has 170 valence electrons. The van der Waals surface area contributed by atoms with Gasteiger partial charge in [0, 0.05) is 42.6 Å². The topological polar surface area (TPSA) is 96.1 Å². The van der Waals surface area contributed by atoms with Crippen molar-refractivity contribution in [1.29, 1.82) is 0 Å². The number of benzene rings is 3. The van der Waals surface area contributed by atoms with Gasteiger partial charge in [0.15, 0.2) is 5.75 Å². The number of H-pyrrole nitrogens is 2. The van der Waals surface area contributed by atoms with Crippen LogP contribution in [0.2, 0.25) is 10.0 Å². The number of nitrogens with one attached hydrogen (secondary N) is 2. The molecule has 8 heteroatoms. The Morgan fingerprint density at radius 1 is 0.939 bits per heavy atom.